The van der Waals surface area contributed by atoms with Crippen LogP contribution in [-0.4, -0.2) is 4.21 Å². The first kappa shape index (κ1) is 30.2. The first-order valence-corrected chi connectivity index (χ1v) is 22.2. The molecule has 0 amide bonds. The maximum absolute atomic E-state index is 5.85. The molecule has 4 aliphatic rings. The minimum atomic E-state index is -4.11. The summed E-state index contributed by atoms with van der Waals surface area (Å²) < 4.78 is 10.9. The number of halogens is 2. The third kappa shape index (κ3) is 4.56. The standard InChI is InChI=1S/C13H9.2C8H15.C5H5.CH2.2ClH.Zr/c1-3-7-12-10(5-1)9-11-6-2-4-8-13(11)12;2*1-2-8-6-4-3-5-7-8;1-2-4-5-3-1;;;;/h1-5,7-8H,9H2;2*2,8H,3-7H2,1H3;1-3H,4H2;1H2;2*1H;. The molecule has 2 saturated carbocycles. The van der Waals surface area contributed by atoms with Crippen molar-refractivity contribution in [3.8, 4) is 11.1 Å². The van der Waals surface area contributed by atoms with Crippen LogP contribution < -0.4 is 3.27 Å². The zero-order valence-electron chi connectivity index (χ0n) is 23.6. The number of hydrogen-bond donors (Lipinski definition) is 0. The Morgan fingerprint density at radius 1 is 0.737 bits per heavy atom. The number of hydrogen-bond acceptors (Lipinski definition) is 0. The first-order valence-electron chi connectivity index (χ1n) is 15.1. The fraction of sp³-hybridized carbons (Fsp3) is 0.514. The summed E-state index contributed by atoms with van der Waals surface area (Å²) in [5, 5.41) is 0. The molecule has 0 bridgehead atoms. The Bertz CT molecular complexity index is 1230. The fourth-order valence-corrected chi connectivity index (χ4v) is 30.9. The average Bonchev–Trinajstić information content (AvgIpc) is 3.62. The van der Waals surface area contributed by atoms with Crippen LogP contribution in [0.15, 0.2) is 64.0 Å². The van der Waals surface area contributed by atoms with Gasteiger partial charge in [0.2, 0.25) is 0 Å². The van der Waals surface area contributed by atoms with E-state index < -0.39 is 18.3 Å². The van der Waals surface area contributed by atoms with E-state index >= 15 is 0 Å². The molecule has 206 valence electrons. The third-order valence-corrected chi connectivity index (χ3v) is 33.3. The molecule has 0 saturated heterocycles. The van der Waals surface area contributed by atoms with E-state index in [9.17, 15) is 0 Å². The van der Waals surface area contributed by atoms with Gasteiger partial charge in [0.05, 0.1) is 0 Å². The van der Waals surface area contributed by atoms with Gasteiger partial charge in [-0.2, -0.15) is 0 Å². The normalized spacial score (nSPS) is 21.5. The van der Waals surface area contributed by atoms with Gasteiger partial charge in [0.15, 0.2) is 0 Å². The molecule has 38 heavy (non-hydrogen) atoms. The second kappa shape index (κ2) is 12.0. The van der Waals surface area contributed by atoms with E-state index in [1.165, 1.54) is 80.9 Å². The molecule has 0 aliphatic heterocycles. The minimum absolute atomic E-state index is 0. The van der Waals surface area contributed by atoms with Gasteiger partial charge in [-0.1, -0.05) is 0 Å². The Hall–Kier alpha value is -0.747. The Kier molecular flexibility index (Phi) is 9.55. The Morgan fingerprint density at radius 2 is 1.32 bits per heavy atom. The zero-order chi connectivity index (χ0) is 24.8. The predicted octanol–water partition coefficient (Wildman–Crippen LogP) is 10.5. The van der Waals surface area contributed by atoms with Crippen LogP contribution in [0.5, 0.6) is 0 Å². The van der Waals surface area contributed by atoms with E-state index in [1.807, 2.05) is 0 Å². The molecule has 0 N–H and O–H groups in total. The molecule has 3 heteroatoms. The van der Waals surface area contributed by atoms with Crippen molar-refractivity contribution >= 4 is 32.3 Å². The molecule has 0 heterocycles. The third-order valence-electron chi connectivity index (χ3n) is 11.8. The second-order valence-corrected chi connectivity index (χ2v) is 28.4. The van der Waals surface area contributed by atoms with Crippen molar-refractivity contribution in [1.29, 1.82) is 0 Å². The summed E-state index contributed by atoms with van der Waals surface area (Å²) in [6.45, 7) is 5.43. The van der Waals surface area contributed by atoms with Crippen LogP contribution in [0.3, 0.4) is 0 Å². The predicted molar refractivity (Wildman–Crippen MR) is 170 cm³/mol. The van der Waals surface area contributed by atoms with Crippen LogP contribution in [0.2, 0.25) is 7.25 Å². The molecule has 2 aromatic carbocycles. The summed E-state index contributed by atoms with van der Waals surface area (Å²) in [5.74, 6) is 1.68. The maximum atomic E-state index is 5.85. The van der Waals surface area contributed by atoms with Crippen molar-refractivity contribution in [2.75, 3.05) is 0 Å². The summed E-state index contributed by atoms with van der Waals surface area (Å²) in [5.41, 5.74) is 6.19. The van der Waals surface area contributed by atoms with Gasteiger partial charge in [-0.25, -0.2) is 0 Å². The van der Waals surface area contributed by atoms with Gasteiger partial charge >= 0.3 is 222 Å². The van der Waals surface area contributed by atoms with Crippen molar-refractivity contribution in [3.63, 3.8) is 0 Å². The summed E-state index contributed by atoms with van der Waals surface area (Å²) in [6.07, 6.45) is 23.9. The Morgan fingerprint density at radius 3 is 1.89 bits per heavy atom. The van der Waals surface area contributed by atoms with Gasteiger partial charge in [-0.05, 0) is 0 Å². The van der Waals surface area contributed by atoms with Crippen LogP contribution in [0.25, 0.3) is 11.1 Å². The van der Waals surface area contributed by atoms with Crippen molar-refractivity contribution < 1.29 is 18.3 Å². The van der Waals surface area contributed by atoms with Crippen LogP contribution in [0.4, 0.5) is 0 Å². The van der Waals surface area contributed by atoms with Crippen LogP contribution in [-0.2, 0) is 24.7 Å². The van der Waals surface area contributed by atoms with Gasteiger partial charge in [-0.15, -0.1) is 24.8 Å². The summed E-state index contributed by atoms with van der Waals surface area (Å²) >= 11 is -4.11. The zero-order valence-corrected chi connectivity index (χ0v) is 27.7. The monoisotopic (exact) mass is 628 g/mol. The molecule has 2 aromatic rings. The summed E-state index contributed by atoms with van der Waals surface area (Å²) in [6, 6.07) is 16.7. The van der Waals surface area contributed by atoms with Crippen LogP contribution in [0.1, 0.15) is 95.6 Å². The molecule has 6 rings (SSSR count). The Balaban J connectivity index is 0.00000168. The van der Waals surface area contributed by atoms with E-state index in [4.69, 9.17) is 4.21 Å². The molecule has 0 spiro atoms. The molecular formula is C35H48Cl2Zr. The van der Waals surface area contributed by atoms with Gasteiger partial charge in [-0.3, -0.25) is 0 Å². The molecule has 4 aliphatic carbocycles. The van der Waals surface area contributed by atoms with E-state index in [0.717, 1.165) is 31.9 Å². The summed E-state index contributed by atoms with van der Waals surface area (Å²) in [7, 11) is 0. The van der Waals surface area contributed by atoms with Crippen molar-refractivity contribution in [3.05, 3.63) is 75.1 Å². The van der Waals surface area contributed by atoms with E-state index in [0.29, 0.717) is 0 Å². The van der Waals surface area contributed by atoms with Gasteiger partial charge < -0.3 is 0 Å². The van der Waals surface area contributed by atoms with Crippen molar-refractivity contribution in [1.82, 2.24) is 0 Å². The quantitative estimate of drug-likeness (QED) is 0.254. The molecule has 2 atom stereocenters. The number of benzene rings is 2. The number of fused-ring (bicyclic) bond motifs is 3. The van der Waals surface area contributed by atoms with Crippen LogP contribution in [0, 0.1) is 11.8 Å². The van der Waals surface area contributed by atoms with E-state index in [-0.39, 0.29) is 24.8 Å². The first-order chi connectivity index (χ1) is 17.5. The molecule has 0 nitrogen and oxygen atoms in total. The molecular weight excluding hydrogens is 583 g/mol. The van der Waals surface area contributed by atoms with E-state index in [2.05, 4.69) is 74.5 Å². The van der Waals surface area contributed by atoms with Gasteiger partial charge in [0.1, 0.15) is 0 Å². The molecule has 2 fully saturated rings. The molecule has 2 unspecified atom stereocenters. The van der Waals surface area contributed by atoms with Gasteiger partial charge in [0, 0.05) is 0 Å². The number of rotatable bonds is 6. The van der Waals surface area contributed by atoms with Crippen molar-refractivity contribution in [2.45, 2.75) is 98.1 Å². The van der Waals surface area contributed by atoms with Gasteiger partial charge in [0.25, 0.3) is 0 Å². The average molecular weight is 631 g/mol. The molecule has 0 aromatic heterocycles. The van der Waals surface area contributed by atoms with E-state index in [1.54, 1.807) is 12.1 Å². The topological polar surface area (TPSA) is 0 Å². The Labute approximate surface area is 245 Å². The summed E-state index contributed by atoms with van der Waals surface area (Å²) in [4.78, 5) is 0. The second-order valence-electron chi connectivity index (χ2n) is 13.0. The SMILES string of the molecule is Cl.Cl.[CH2]=[Zr]([C]1=CC=CC1)([c]1cccc2c1Cc1ccccc1-2)([CH](C)C1CCCCC1)[CH](C)C1CCCCC1. The molecule has 0 radical (unpaired) electrons. The van der Waals surface area contributed by atoms with Crippen LogP contribution >= 0.6 is 24.8 Å². The number of allylic oxidation sites excluding steroid dienone is 4. The van der Waals surface area contributed by atoms with Crippen molar-refractivity contribution in [2.24, 2.45) is 11.8 Å². The fourth-order valence-electron chi connectivity index (χ4n) is 9.60.